The molecule has 0 spiro atoms. The fourth-order valence-electron chi connectivity index (χ4n) is 1.63. The van der Waals surface area contributed by atoms with Gasteiger partial charge in [0.15, 0.2) is 0 Å². The van der Waals surface area contributed by atoms with E-state index in [9.17, 15) is 4.79 Å². The summed E-state index contributed by atoms with van der Waals surface area (Å²) in [6.07, 6.45) is 1.75. The second kappa shape index (κ2) is 6.52. The highest BCUT2D eigenvalue weighted by molar-refractivity contribution is 5.90. The summed E-state index contributed by atoms with van der Waals surface area (Å²) < 4.78 is 4.92. The molecule has 0 atom stereocenters. The number of rotatable bonds is 4. The lowest BCUT2D eigenvalue weighted by Gasteiger charge is -2.01. The van der Waals surface area contributed by atoms with E-state index in [1.807, 2.05) is 24.3 Å². The second-order valence-corrected chi connectivity index (χ2v) is 4.19. The molecule has 0 unspecified atom stereocenters. The highest BCUT2D eigenvalue weighted by Crippen LogP contribution is 2.14. The smallest absolute Gasteiger partial charge is 0.338 e. The lowest BCUT2D eigenvalue weighted by atomic mass is 10.2. The number of aliphatic imine (C=N–C) groups is 1. The van der Waals surface area contributed by atoms with Crippen LogP contribution in [0, 0.1) is 0 Å². The van der Waals surface area contributed by atoms with Gasteiger partial charge in [0.25, 0.3) is 0 Å². The second-order valence-electron chi connectivity index (χ2n) is 4.19. The van der Waals surface area contributed by atoms with Crippen LogP contribution in [0.4, 0.5) is 11.4 Å². The standard InChI is InChI=1S/C16H16N2O2/c1-2-20-16(19)13-5-9-15(10-6-13)18-11-12-3-7-14(17)8-4-12/h3-11H,2,17H2,1H3. The van der Waals surface area contributed by atoms with Crippen molar-refractivity contribution >= 4 is 23.6 Å². The van der Waals surface area contributed by atoms with Crippen LogP contribution in [0.2, 0.25) is 0 Å². The van der Waals surface area contributed by atoms with Crippen molar-refractivity contribution in [3.63, 3.8) is 0 Å². The number of hydrogen-bond acceptors (Lipinski definition) is 4. The highest BCUT2D eigenvalue weighted by atomic mass is 16.5. The minimum atomic E-state index is -0.318. The van der Waals surface area contributed by atoms with Gasteiger partial charge in [-0.05, 0) is 48.9 Å². The minimum Gasteiger partial charge on any atom is -0.462 e. The summed E-state index contributed by atoms with van der Waals surface area (Å²) in [6, 6.07) is 14.4. The van der Waals surface area contributed by atoms with Crippen molar-refractivity contribution in [2.75, 3.05) is 12.3 Å². The van der Waals surface area contributed by atoms with Crippen molar-refractivity contribution in [2.45, 2.75) is 6.92 Å². The number of benzene rings is 2. The Hall–Kier alpha value is -2.62. The zero-order valence-corrected chi connectivity index (χ0v) is 11.2. The summed E-state index contributed by atoms with van der Waals surface area (Å²) in [5, 5.41) is 0. The monoisotopic (exact) mass is 268 g/mol. The normalized spacial score (nSPS) is 10.7. The molecule has 0 aromatic heterocycles. The quantitative estimate of drug-likeness (QED) is 0.526. The Morgan fingerprint density at radius 2 is 1.80 bits per heavy atom. The van der Waals surface area contributed by atoms with E-state index < -0.39 is 0 Å². The van der Waals surface area contributed by atoms with Gasteiger partial charge in [-0.15, -0.1) is 0 Å². The average Bonchev–Trinajstić information content (AvgIpc) is 2.47. The zero-order valence-electron chi connectivity index (χ0n) is 11.2. The third-order valence-corrected chi connectivity index (χ3v) is 2.68. The van der Waals surface area contributed by atoms with Crippen LogP contribution in [-0.2, 0) is 4.74 Å². The SMILES string of the molecule is CCOC(=O)c1ccc(N=Cc2ccc(N)cc2)cc1. The maximum Gasteiger partial charge on any atom is 0.338 e. The molecule has 4 heteroatoms. The fraction of sp³-hybridized carbons (Fsp3) is 0.125. The summed E-state index contributed by atoms with van der Waals surface area (Å²) >= 11 is 0. The van der Waals surface area contributed by atoms with Gasteiger partial charge in [-0.2, -0.15) is 0 Å². The van der Waals surface area contributed by atoms with E-state index in [1.165, 1.54) is 0 Å². The van der Waals surface area contributed by atoms with Crippen LogP contribution in [0.3, 0.4) is 0 Å². The maximum atomic E-state index is 11.5. The molecule has 2 rings (SSSR count). The molecule has 2 aromatic rings. The first kappa shape index (κ1) is 13.8. The first-order valence-electron chi connectivity index (χ1n) is 6.36. The molecule has 0 amide bonds. The molecule has 0 heterocycles. The lowest BCUT2D eigenvalue weighted by Crippen LogP contribution is -2.03. The van der Waals surface area contributed by atoms with E-state index in [0.29, 0.717) is 12.2 Å². The molecule has 2 N–H and O–H groups in total. The largest absolute Gasteiger partial charge is 0.462 e. The minimum absolute atomic E-state index is 0.318. The summed E-state index contributed by atoms with van der Waals surface area (Å²) in [6.45, 7) is 2.15. The molecule has 0 aliphatic carbocycles. The molecule has 2 aromatic carbocycles. The number of hydrogen-bond donors (Lipinski definition) is 1. The molecule has 0 aliphatic heterocycles. The van der Waals surface area contributed by atoms with E-state index in [2.05, 4.69) is 4.99 Å². The van der Waals surface area contributed by atoms with Crippen LogP contribution in [-0.4, -0.2) is 18.8 Å². The first-order valence-corrected chi connectivity index (χ1v) is 6.36. The first-order chi connectivity index (χ1) is 9.69. The molecule has 4 nitrogen and oxygen atoms in total. The van der Waals surface area contributed by atoms with Crippen molar-refractivity contribution in [1.29, 1.82) is 0 Å². The third-order valence-electron chi connectivity index (χ3n) is 2.68. The Morgan fingerprint density at radius 1 is 1.15 bits per heavy atom. The number of nitrogens with two attached hydrogens (primary N) is 1. The Bertz CT molecular complexity index is 601. The van der Waals surface area contributed by atoms with Crippen LogP contribution in [0.5, 0.6) is 0 Å². The number of carbonyl (C=O) groups excluding carboxylic acids is 1. The number of esters is 1. The molecule has 0 radical (unpaired) electrons. The van der Waals surface area contributed by atoms with Gasteiger partial charge in [0.2, 0.25) is 0 Å². The maximum absolute atomic E-state index is 11.5. The summed E-state index contributed by atoms with van der Waals surface area (Å²) in [5.41, 5.74) is 8.60. The summed E-state index contributed by atoms with van der Waals surface area (Å²) in [4.78, 5) is 15.8. The van der Waals surface area contributed by atoms with Gasteiger partial charge in [-0.3, -0.25) is 4.99 Å². The van der Waals surface area contributed by atoms with E-state index in [-0.39, 0.29) is 5.97 Å². The molecule has 0 aliphatic rings. The molecule has 0 bridgehead atoms. The summed E-state index contributed by atoms with van der Waals surface area (Å²) in [7, 11) is 0. The predicted octanol–water partition coefficient (Wildman–Crippen LogP) is 3.20. The van der Waals surface area contributed by atoms with Crippen molar-refractivity contribution in [3.8, 4) is 0 Å². The molecule has 20 heavy (non-hydrogen) atoms. The molecule has 102 valence electrons. The topological polar surface area (TPSA) is 64.7 Å². The Balaban J connectivity index is 2.07. The fourth-order valence-corrected chi connectivity index (χ4v) is 1.63. The summed E-state index contributed by atoms with van der Waals surface area (Å²) in [5.74, 6) is -0.318. The number of ether oxygens (including phenoxy) is 1. The lowest BCUT2D eigenvalue weighted by molar-refractivity contribution is 0.0526. The van der Waals surface area contributed by atoms with Crippen molar-refractivity contribution in [3.05, 3.63) is 59.7 Å². The molecule has 0 saturated heterocycles. The van der Waals surface area contributed by atoms with E-state index in [1.54, 1.807) is 37.4 Å². The number of carbonyl (C=O) groups is 1. The van der Waals surface area contributed by atoms with Gasteiger partial charge in [-0.25, -0.2) is 4.79 Å². The molecular formula is C16H16N2O2. The number of anilines is 1. The van der Waals surface area contributed by atoms with Crippen LogP contribution < -0.4 is 5.73 Å². The van der Waals surface area contributed by atoms with Crippen molar-refractivity contribution in [2.24, 2.45) is 4.99 Å². The molecule has 0 saturated carbocycles. The van der Waals surface area contributed by atoms with Gasteiger partial charge in [0.05, 0.1) is 17.9 Å². The van der Waals surface area contributed by atoms with Gasteiger partial charge < -0.3 is 10.5 Å². The Labute approximate surface area is 117 Å². The predicted molar refractivity (Wildman–Crippen MR) is 80.5 cm³/mol. The van der Waals surface area contributed by atoms with Crippen LogP contribution in [0.1, 0.15) is 22.8 Å². The van der Waals surface area contributed by atoms with Gasteiger partial charge >= 0.3 is 5.97 Å². The van der Waals surface area contributed by atoms with Crippen molar-refractivity contribution in [1.82, 2.24) is 0 Å². The average molecular weight is 268 g/mol. The van der Waals surface area contributed by atoms with Crippen LogP contribution in [0.25, 0.3) is 0 Å². The van der Waals surface area contributed by atoms with E-state index in [0.717, 1.165) is 16.9 Å². The Kier molecular flexibility index (Phi) is 4.50. The third kappa shape index (κ3) is 3.68. The van der Waals surface area contributed by atoms with Gasteiger partial charge in [-0.1, -0.05) is 12.1 Å². The van der Waals surface area contributed by atoms with E-state index >= 15 is 0 Å². The van der Waals surface area contributed by atoms with E-state index in [4.69, 9.17) is 10.5 Å². The van der Waals surface area contributed by atoms with Gasteiger partial charge in [0.1, 0.15) is 0 Å². The van der Waals surface area contributed by atoms with Crippen LogP contribution in [0.15, 0.2) is 53.5 Å². The number of nitrogen functional groups attached to an aromatic ring is 1. The molecule has 0 fully saturated rings. The Morgan fingerprint density at radius 3 is 2.40 bits per heavy atom. The van der Waals surface area contributed by atoms with Crippen molar-refractivity contribution < 1.29 is 9.53 Å². The highest BCUT2D eigenvalue weighted by Gasteiger charge is 2.04. The van der Waals surface area contributed by atoms with Gasteiger partial charge in [0, 0.05) is 11.9 Å². The molecular weight excluding hydrogens is 252 g/mol. The zero-order chi connectivity index (χ0) is 14.4. The van der Waals surface area contributed by atoms with Crippen LogP contribution >= 0.6 is 0 Å². The number of nitrogens with zero attached hydrogens (tertiary/aromatic N) is 1.